The van der Waals surface area contributed by atoms with Crippen LogP contribution in [0.15, 0.2) is 0 Å². The molecule has 168 valence electrons. The van der Waals surface area contributed by atoms with E-state index in [0.29, 0.717) is 19.3 Å². The topological polar surface area (TPSA) is 98.8 Å². The fourth-order valence-electron chi connectivity index (χ4n) is 3.05. The first-order valence-corrected chi connectivity index (χ1v) is 10.4. The quantitative estimate of drug-likeness (QED) is 0.536. The molecule has 8 nitrogen and oxygen atoms in total. The minimum atomic E-state index is -0.731. The Bertz CT molecular complexity index is 577. The number of amides is 4. The van der Waals surface area contributed by atoms with E-state index in [-0.39, 0.29) is 35.5 Å². The van der Waals surface area contributed by atoms with Crippen LogP contribution in [-0.4, -0.2) is 72.7 Å². The maximum atomic E-state index is 13.0. The summed E-state index contributed by atoms with van der Waals surface area (Å²) in [5, 5.41) is 5.36. The van der Waals surface area contributed by atoms with Gasteiger partial charge in [-0.25, -0.2) is 0 Å². The molecule has 0 aliphatic carbocycles. The first-order chi connectivity index (χ1) is 13.4. The molecule has 0 heterocycles. The van der Waals surface area contributed by atoms with E-state index in [1.807, 2.05) is 34.6 Å². The molecule has 0 aromatic heterocycles. The molecule has 0 unspecified atom stereocenters. The van der Waals surface area contributed by atoms with Gasteiger partial charge in [-0.2, -0.15) is 0 Å². The second-order valence-corrected chi connectivity index (χ2v) is 8.37. The van der Waals surface area contributed by atoms with E-state index < -0.39 is 18.1 Å². The van der Waals surface area contributed by atoms with Crippen molar-refractivity contribution in [1.82, 2.24) is 20.4 Å². The van der Waals surface area contributed by atoms with Crippen LogP contribution in [0.2, 0.25) is 0 Å². The third kappa shape index (κ3) is 8.03. The van der Waals surface area contributed by atoms with E-state index >= 15 is 0 Å². The van der Waals surface area contributed by atoms with Crippen molar-refractivity contribution in [3.05, 3.63) is 0 Å². The lowest BCUT2D eigenvalue weighted by atomic mass is 9.98. The van der Waals surface area contributed by atoms with Gasteiger partial charge < -0.3 is 20.4 Å². The average Bonchev–Trinajstić information content (AvgIpc) is 2.66. The van der Waals surface area contributed by atoms with Gasteiger partial charge in [0.1, 0.15) is 18.1 Å². The van der Waals surface area contributed by atoms with E-state index in [1.54, 1.807) is 21.0 Å². The van der Waals surface area contributed by atoms with Crippen LogP contribution in [-0.2, 0) is 19.2 Å². The van der Waals surface area contributed by atoms with Crippen LogP contribution >= 0.6 is 0 Å². The molecule has 3 atom stereocenters. The van der Waals surface area contributed by atoms with Gasteiger partial charge in [-0.1, -0.05) is 34.6 Å². The molecular formula is C21H40N4O4. The van der Waals surface area contributed by atoms with E-state index in [2.05, 4.69) is 10.6 Å². The van der Waals surface area contributed by atoms with Gasteiger partial charge in [0.15, 0.2) is 0 Å². The predicted molar refractivity (Wildman–Crippen MR) is 114 cm³/mol. The third-order valence-corrected chi connectivity index (χ3v) is 5.10. The number of rotatable bonds is 11. The fraction of sp³-hybridized carbons (Fsp3) is 0.810. The molecule has 0 aliphatic rings. The normalized spacial score (nSPS) is 14.2. The zero-order valence-electron chi connectivity index (χ0n) is 19.5. The highest BCUT2D eigenvalue weighted by Crippen LogP contribution is 2.15. The first-order valence-electron chi connectivity index (χ1n) is 10.4. The number of carbonyl (C=O) groups excluding carboxylic acids is 4. The van der Waals surface area contributed by atoms with Crippen LogP contribution < -0.4 is 10.6 Å². The Hall–Kier alpha value is -2.12. The van der Waals surface area contributed by atoms with Crippen molar-refractivity contribution in [2.24, 2.45) is 11.8 Å². The summed E-state index contributed by atoms with van der Waals surface area (Å²) in [4.78, 5) is 53.1. The molecule has 0 rings (SSSR count). The summed E-state index contributed by atoms with van der Waals surface area (Å²) >= 11 is 0. The van der Waals surface area contributed by atoms with Crippen LogP contribution in [0.25, 0.3) is 0 Å². The highest BCUT2D eigenvalue weighted by molar-refractivity contribution is 5.94. The Morgan fingerprint density at radius 3 is 1.86 bits per heavy atom. The molecule has 0 saturated heterocycles. The molecular weight excluding hydrogens is 372 g/mol. The van der Waals surface area contributed by atoms with Crippen LogP contribution in [0.3, 0.4) is 0 Å². The molecule has 0 aliphatic heterocycles. The van der Waals surface area contributed by atoms with Gasteiger partial charge in [-0.15, -0.1) is 0 Å². The van der Waals surface area contributed by atoms with E-state index in [9.17, 15) is 19.2 Å². The second-order valence-electron chi connectivity index (χ2n) is 8.37. The number of nitrogens with one attached hydrogen (secondary N) is 2. The molecule has 29 heavy (non-hydrogen) atoms. The third-order valence-electron chi connectivity index (χ3n) is 5.10. The van der Waals surface area contributed by atoms with E-state index in [4.69, 9.17) is 0 Å². The Balaban J connectivity index is 5.52. The van der Waals surface area contributed by atoms with Crippen LogP contribution in [0.5, 0.6) is 0 Å². The average molecular weight is 413 g/mol. The molecule has 0 bridgehead atoms. The zero-order valence-corrected chi connectivity index (χ0v) is 19.5. The molecule has 0 spiro atoms. The molecule has 4 amide bonds. The summed E-state index contributed by atoms with van der Waals surface area (Å²) in [5.74, 6) is -0.995. The Morgan fingerprint density at radius 2 is 1.45 bits per heavy atom. The van der Waals surface area contributed by atoms with Crippen molar-refractivity contribution < 1.29 is 19.2 Å². The molecule has 0 saturated carbocycles. The summed E-state index contributed by atoms with van der Waals surface area (Å²) in [5.41, 5.74) is 0. The SMILES string of the molecule is CCCC(=O)N(C)[C@H](C)C(=O)N(C)[C@@H](CC(C)C)C(=O)N[C@H](C(=O)NC)C(C)C. The van der Waals surface area contributed by atoms with Gasteiger partial charge in [0.05, 0.1) is 0 Å². The predicted octanol–water partition coefficient (Wildman–Crippen LogP) is 1.39. The van der Waals surface area contributed by atoms with Gasteiger partial charge in [0.25, 0.3) is 0 Å². The highest BCUT2D eigenvalue weighted by atomic mass is 16.2. The molecule has 0 radical (unpaired) electrons. The van der Waals surface area contributed by atoms with E-state index in [1.165, 1.54) is 16.8 Å². The lowest BCUT2D eigenvalue weighted by Crippen LogP contribution is -2.57. The van der Waals surface area contributed by atoms with Crippen molar-refractivity contribution in [2.45, 2.75) is 78.9 Å². The van der Waals surface area contributed by atoms with Crippen molar-refractivity contribution in [3.63, 3.8) is 0 Å². The van der Waals surface area contributed by atoms with Crippen molar-refractivity contribution >= 4 is 23.6 Å². The molecule has 0 aromatic rings. The number of hydrogen-bond acceptors (Lipinski definition) is 4. The van der Waals surface area contributed by atoms with Gasteiger partial charge >= 0.3 is 0 Å². The Kier molecular flexibility index (Phi) is 11.5. The molecule has 2 N–H and O–H groups in total. The monoisotopic (exact) mass is 412 g/mol. The zero-order chi connectivity index (χ0) is 22.9. The smallest absolute Gasteiger partial charge is 0.245 e. The minimum Gasteiger partial charge on any atom is -0.357 e. The number of nitrogens with zero attached hydrogens (tertiary/aromatic N) is 2. The van der Waals surface area contributed by atoms with Crippen LogP contribution in [0, 0.1) is 11.8 Å². The summed E-state index contributed by atoms with van der Waals surface area (Å²) in [6, 6.07) is -2.09. The largest absolute Gasteiger partial charge is 0.357 e. The molecule has 0 fully saturated rings. The van der Waals surface area contributed by atoms with Gasteiger partial charge in [0.2, 0.25) is 23.6 Å². The van der Waals surface area contributed by atoms with Gasteiger partial charge in [-0.05, 0) is 31.6 Å². The Labute approximate surface area is 175 Å². The lowest BCUT2D eigenvalue weighted by molar-refractivity contribution is -0.147. The lowest BCUT2D eigenvalue weighted by Gasteiger charge is -2.34. The number of likely N-dealkylation sites (N-methyl/N-ethyl adjacent to an activating group) is 3. The summed E-state index contributed by atoms with van der Waals surface area (Å²) < 4.78 is 0. The fourth-order valence-corrected chi connectivity index (χ4v) is 3.05. The number of carbonyl (C=O) groups is 4. The van der Waals surface area contributed by atoms with Crippen LogP contribution in [0.1, 0.15) is 60.8 Å². The van der Waals surface area contributed by atoms with Crippen molar-refractivity contribution in [2.75, 3.05) is 21.1 Å². The van der Waals surface area contributed by atoms with Crippen molar-refractivity contribution in [3.8, 4) is 0 Å². The summed E-state index contributed by atoms with van der Waals surface area (Å²) in [6.07, 6.45) is 1.52. The standard InChI is InChI=1S/C21H40N4O4/c1-10-11-17(26)24(8)15(6)21(29)25(9)16(12-13(2)3)19(27)23-18(14(4)5)20(28)22-7/h13-16,18H,10-12H2,1-9H3,(H,22,28)(H,23,27)/t15-,16+,18+/m1/s1. The second kappa shape index (κ2) is 12.4. The molecule has 8 heteroatoms. The summed E-state index contributed by atoms with van der Waals surface area (Å²) in [7, 11) is 4.70. The first kappa shape index (κ1) is 26.9. The maximum Gasteiger partial charge on any atom is 0.245 e. The van der Waals surface area contributed by atoms with Crippen LogP contribution in [0.4, 0.5) is 0 Å². The summed E-state index contributed by atoms with van der Waals surface area (Å²) in [6.45, 7) is 11.2. The Morgan fingerprint density at radius 1 is 0.897 bits per heavy atom. The molecule has 0 aromatic carbocycles. The van der Waals surface area contributed by atoms with E-state index in [0.717, 1.165) is 0 Å². The highest BCUT2D eigenvalue weighted by Gasteiger charge is 2.34. The van der Waals surface area contributed by atoms with Crippen molar-refractivity contribution in [1.29, 1.82) is 0 Å². The maximum absolute atomic E-state index is 13.0. The number of hydrogen-bond donors (Lipinski definition) is 2. The van der Waals surface area contributed by atoms with Gasteiger partial charge in [0, 0.05) is 27.6 Å². The minimum absolute atomic E-state index is 0.101. The van der Waals surface area contributed by atoms with Gasteiger partial charge in [-0.3, -0.25) is 19.2 Å².